The molecular weight excluding hydrogens is 264 g/mol. The Hall–Kier alpha value is -1.36. The van der Waals surface area contributed by atoms with Crippen molar-refractivity contribution in [1.29, 1.82) is 0 Å². The Morgan fingerprint density at radius 2 is 2.10 bits per heavy atom. The molecule has 0 saturated heterocycles. The molecule has 1 aromatic heterocycles. The molecule has 2 aliphatic rings. The van der Waals surface area contributed by atoms with Crippen molar-refractivity contribution in [1.82, 2.24) is 9.55 Å². The first-order chi connectivity index (χ1) is 10.3. The molecule has 0 aromatic carbocycles. The maximum absolute atomic E-state index is 12.7. The lowest BCUT2D eigenvalue weighted by Crippen LogP contribution is -2.48. The van der Waals surface area contributed by atoms with Crippen molar-refractivity contribution < 1.29 is 0 Å². The Kier molecular flexibility index (Phi) is 4.29. The molecule has 2 saturated carbocycles. The van der Waals surface area contributed by atoms with E-state index in [9.17, 15) is 4.79 Å². The molecule has 0 radical (unpaired) electrons. The molecular formula is C16H26N4O. The molecule has 2 fully saturated rings. The number of aromatic nitrogens is 2. The fraction of sp³-hybridized carbons (Fsp3) is 0.750. The van der Waals surface area contributed by atoms with Gasteiger partial charge >= 0.3 is 0 Å². The Morgan fingerprint density at radius 3 is 2.76 bits per heavy atom. The van der Waals surface area contributed by atoms with Crippen LogP contribution in [0.25, 0.3) is 0 Å². The van der Waals surface area contributed by atoms with Gasteiger partial charge in [-0.2, -0.15) is 0 Å². The fourth-order valence-electron chi connectivity index (χ4n) is 3.67. The van der Waals surface area contributed by atoms with Gasteiger partial charge in [0.15, 0.2) is 5.82 Å². The normalized spacial score (nSPS) is 25.8. The van der Waals surface area contributed by atoms with Gasteiger partial charge in [-0.1, -0.05) is 12.8 Å². The molecule has 2 N–H and O–H groups in total. The van der Waals surface area contributed by atoms with Crippen LogP contribution in [0, 0.1) is 5.92 Å². The molecule has 1 heterocycles. The summed E-state index contributed by atoms with van der Waals surface area (Å²) in [5.74, 6) is 1.10. The van der Waals surface area contributed by atoms with Crippen molar-refractivity contribution in [3.8, 4) is 0 Å². The van der Waals surface area contributed by atoms with E-state index < -0.39 is 0 Å². The van der Waals surface area contributed by atoms with Crippen LogP contribution in [-0.4, -0.2) is 28.7 Å². The van der Waals surface area contributed by atoms with E-state index in [1.807, 2.05) is 10.8 Å². The summed E-state index contributed by atoms with van der Waals surface area (Å²) in [4.78, 5) is 19.3. The molecule has 0 amide bonds. The van der Waals surface area contributed by atoms with E-state index in [1.54, 1.807) is 6.20 Å². The number of anilines is 1. The number of nitrogens with zero attached hydrogens (tertiary/aromatic N) is 3. The molecule has 2 aliphatic carbocycles. The third-order valence-electron chi connectivity index (χ3n) is 4.97. The zero-order valence-electron chi connectivity index (χ0n) is 12.9. The molecule has 3 rings (SSSR count). The minimum Gasteiger partial charge on any atom is -0.349 e. The van der Waals surface area contributed by atoms with E-state index in [4.69, 9.17) is 5.73 Å². The summed E-state index contributed by atoms with van der Waals surface area (Å²) in [6.07, 6.45) is 10.6. The van der Waals surface area contributed by atoms with Crippen molar-refractivity contribution in [2.24, 2.45) is 11.7 Å². The third-order valence-corrected chi connectivity index (χ3v) is 4.97. The smallest absolute Gasteiger partial charge is 0.293 e. The Bertz CT molecular complexity index is 537. The highest BCUT2D eigenvalue weighted by molar-refractivity contribution is 5.38. The van der Waals surface area contributed by atoms with Gasteiger partial charge in [-0.3, -0.25) is 4.79 Å². The zero-order valence-corrected chi connectivity index (χ0v) is 12.9. The van der Waals surface area contributed by atoms with Gasteiger partial charge in [-0.15, -0.1) is 0 Å². The van der Waals surface area contributed by atoms with E-state index in [0.29, 0.717) is 30.4 Å². The molecule has 2 unspecified atom stereocenters. The van der Waals surface area contributed by atoms with E-state index >= 15 is 0 Å². The van der Waals surface area contributed by atoms with Crippen molar-refractivity contribution in [2.45, 2.75) is 57.5 Å². The number of hydrogen-bond acceptors (Lipinski definition) is 4. The average Bonchev–Trinajstić information content (AvgIpc) is 3.35. The lowest BCUT2D eigenvalue weighted by molar-refractivity contribution is 0.299. The summed E-state index contributed by atoms with van der Waals surface area (Å²) in [7, 11) is 0. The van der Waals surface area contributed by atoms with Gasteiger partial charge < -0.3 is 15.2 Å². The van der Waals surface area contributed by atoms with E-state index in [2.05, 4.69) is 16.8 Å². The second kappa shape index (κ2) is 6.18. The molecule has 116 valence electrons. The molecule has 21 heavy (non-hydrogen) atoms. The largest absolute Gasteiger partial charge is 0.349 e. The molecule has 0 bridgehead atoms. The molecule has 2 atom stereocenters. The Morgan fingerprint density at radius 1 is 1.33 bits per heavy atom. The number of nitrogens with two attached hydrogens (primary N) is 1. The molecule has 5 nitrogen and oxygen atoms in total. The van der Waals surface area contributed by atoms with E-state index in [1.165, 1.54) is 19.3 Å². The quantitative estimate of drug-likeness (QED) is 0.900. The first-order valence-electron chi connectivity index (χ1n) is 8.30. The minimum atomic E-state index is 0.0724. The predicted molar refractivity (Wildman–Crippen MR) is 84.6 cm³/mol. The summed E-state index contributed by atoms with van der Waals surface area (Å²) < 4.78 is 1.87. The molecule has 0 aliphatic heterocycles. The van der Waals surface area contributed by atoms with Crippen molar-refractivity contribution in [3.63, 3.8) is 0 Å². The van der Waals surface area contributed by atoms with Crippen LogP contribution in [0.2, 0.25) is 0 Å². The first kappa shape index (κ1) is 14.6. The minimum absolute atomic E-state index is 0.0724. The van der Waals surface area contributed by atoms with Crippen molar-refractivity contribution >= 4 is 5.82 Å². The molecule has 5 heteroatoms. The van der Waals surface area contributed by atoms with E-state index in [0.717, 1.165) is 25.8 Å². The highest BCUT2D eigenvalue weighted by Gasteiger charge is 2.32. The van der Waals surface area contributed by atoms with Gasteiger partial charge in [0.1, 0.15) is 0 Å². The maximum Gasteiger partial charge on any atom is 0.293 e. The van der Waals surface area contributed by atoms with Gasteiger partial charge in [0.05, 0.1) is 0 Å². The van der Waals surface area contributed by atoms with Crippen molar-refractivity contribution in [3.05, 3.63) is 22.7 Å². The summed E-state index contributed by atoms with van der Waals surface area (Å²) in [6.45, 7) is 3.63. The maximum atomic E-state index is 12.7. The molecule has 1 aromatic rings. The monoisotopic (exact) mass is 290 g/mol. The second-order valence-corrected chi connectivity index (χ2v) is 6.33. The van der Waals surface area contributed by atoms with E-state index in [-0.39, 0.29) is 5.56 Å². The van der Waals surface area contributed by atoms with Crippen LogP contribution in [0.5, 0.6) is 0 Å². The van der Waals surface area contributed by atoms with Gasteiger partial charge in [-0.25, -0.2) is 4.98 Å². The average molecular weight is 290 g/mol. The Balaban J connectivity index is 1.92. The van der Waals surface area contributed by atoms with Crippen LogP contribution in [0.15, 0.2) is 17.2 Å². The second-order valence-electron chi connectivity index (χ2n) is 6.33. The van der Waals surface area contributed by atoms with Crippen molar-refractivity contribution in [2.75, 3.05) is 18.0 Å². The van der Waals surface area contributed by atoms with Crippen LogP contribution < -0.4 is 16.2 Å². The van der Waals surface area contributed by atoms with Gasteiger partial charge in [0.2, 0.25) is 0 Å². The highest BCUT2D eigenvalue weighted by atomic mass is 16.1. The zero-order chi connectivity index (χ0) is 14.8. The SMILES string of the molecule is CCN(c1nccn(C2CC2)c1=O)C1CCCCC1CN. The summed E-state index contributed by atoms with van der Waals surface area (Å²) in [6, 6.07) is 0.763. The van der Waals surface area contributed by atoms with Crippen LogP contribution in [0.4, 0.5) is 5.82 Å². The predicted octanol–water partition coefficient (Wildman–Crippen LogP) is 1.92. The Labute approximate surface area is 126 Å². The topological polar surface area (TPSA) is 64.2 Å². The summed E-state index contributed by atoms with van der Waals surface area (Å²) >= 11 is 0. The van der Waals surface area contributed by atoms with Crippen LogP contribution in [0.3, 0.4) is 0 Å². The summed E-state index contributed by atoms with van der Waals surface area (Å²) in [5.41, 5.74) is 6.03. The number of hydrogen-bond donors (Lipinski definition) is 1. The summed E-state index contributed by atoms with van der Waals surface area (Å²) in [5, 5.41) is 0. The van der Waals surface area contributed by atoms with Gasteiger partial charge in [-0.05, 0) is 45.1 Å². The lowest BCUT2D eigenvalue weighted by atomic mass is 9.83. The third kappa shape index (κ3) is 2.84. The highest BCUT2D eigenvalue weighted by Crippen LogP contribution is 2.34. The fourth-order valence-corrected chi connectivity index (χ4v) is 3.67. The van der Waals surface area contributed by atoms with Gasteiger partial charge in [0.25, 0.3) is 5.56 Å². The lowest BCUT2D eigenvalue weighted by Gasteiger charge is -2.39. The number of rotatable bonds is 5. The van der Waals surface area contributed by atoms with Gasteiger partial charge in [0, 0.05) is 31.0 Å². The van der Waals surface area contributed by atoms with Crippen LogP contribution in [0.1, 0.15) is 51.5 Å². The molecule has 0 spiro atoms. The standard InChI is InChI=1S/C16H26N4O/c1-2-19(14-6-4-3-5-12(14)11-17)15-16(21)20(10-9-18-15)13-7-8-13/h9-10,12-14H,2-8,11,17H2,1H3. The van der Waals surface area contributed by atoms with Crippen LogP contribution >= 0.6 is 0 Å². The first-order valence-corrected chi connectivity index (χ1v) is 8.30. The van der Waals surface area contributed by atoms with Crippen LogP contribution in [-0.2, 0) is 0 Å².